The summed E-state index contributed by atoms with van der Waals surface area (Å²) < 4.78 is 15.4. The summed E-state index contributed by atoms with van der Waals surface area (Å²) in [6.45, 7) is 4.13. The van der Waals surface area contributed by atoms with Crippen molar-refractivity contribution in [3.63, 3.8) is 0 Å². The summed E-state index contributed by atoms with van der Waals surface area (Å²) in [5.74, 6) is -0.616. The normalized spacial score (nSPS) is 10.4. The highest BCUT2D eigenvalue weighted by Crippen LogP contribution is 2.22. The van der Waals surface area contributed by atoms with E-state index in [2.05, 4.69) is 20.5 Å². The highest BCUT2D eigenvalue weighted by molar-refractivity contribution is 5.98. The maximum atomic E-state index is 13.7. The van der Waals surface area contributed by atoms with Crippen LogP contribution in [0.15, 0.2) is 54.9 Å². The van der Waals surface area contributed by atoms with E-state index in [1.54, 1.807) is 48.3 Å². The van der Waals surface area contributed by atoms with Gasteiger partial charge in [-0.15, -0.1) is 0 Å². The number of amides is 1. The van der Waals surface area contributed by atoms with Crippen LogP contribution < -0.4 is 5.32 Å². The van der Waals surface area contributed by atoms with E-state index < -0.39 is 0 Å². The van der Waals surface area contributed by atoms with E-state index in [0.29, 0.717) is 16.9 Å². The van der Waals surface area contributed by atoms with Gasteiger partial charge in [0.2, 0.25) is 0 Å². The number of carbonyl (C=O) groups is 1. The molecule has 3 heterocycles. The zero-order chi connectivity index (χ0) is 20.1. The van der Waals surface area contributed by atoms with Crippen LogP contribution in [-0.4, -0.2) is 25.7 Å². The van der Waals surface area contributed by atoms with Crippen molar-refractivity contribution < 1.29 is 9.18 Å². The van der Waals surface area contributed by atoms with E-state index in [1.165, 1.54) is 6.07 Å². The first kappa shape index (κ1) is 19.3. The van der Waals surface area contributed by atoms with E-state index in [0.717, 1.165) is 16.6 Å². The van der Waals surface area contributed by atoms with E-state index in [9.17, 15) is 9.18 Å². The van der Waals surface area contributed by atoms with Gasteiger partial charge < -0.3 is 9.88 Å². The van der Waals surface area contributed by atoms with Crippen LogP contribution in [0.5, 0.6) is 0 Å². The molecular formula is C21H22FN5O. The van der Waals surface area contributed by atoms with Crippen molar-refractivity contribution in [2.45, 2.75) is 20.4 Å². The Morgan fingerprint density at radius 1 is 1.21 bits per heavy atom. The maximum Gasteiger partial charge on any atom is 0.268 e. The number of hydrogen-bond donors (Lipinski definition) is 2. The summed E-state index contributed by atoms with van der Waals surface area (Å²) in [4.78, 5) is 17.2. The van der Waals surface area contributed by atoms with Crippen molar-refractivity contribution in [1.82, 2.24) is 25.1 Å². The van der Waals surface area contributed by atoms with Crippen LogP contribution in [0.25, 0.3) is 22.3 Å². The van der Waals surface area contributed by atoms with Crippen LogP contribution in [-0.2, 0) is 13.6 Å². The molecule has 3 aromatic heterocycles. The molecule has 0 spiro atoms. The van der Waals surface area contributed by atoms with Crippen molar-refractivity contribution in [3.05, 3.63) is 71.9 Å². The molecule has 1 amide bonds. The lowest BCUT2D eigenvalue weighted by Gasteiger charge is -2.07. The number of aromatic nitrogens is 4. The fourth-order valence-electron chi connectivity index (χ4n) is 2.88. The average molecular weight is 379 g/mol. The molecule has 0 saturated carbocycles. The molecular weight excluding hydrogens is 357 g/mol. The topological polar surface area (TPSA) is 75.6 Å². The van der Waals surface area contributed by atoms with Crippen LogP contribution >= 0.6 is 0 Å². The minimum absolute atomic E-state index is 0.126. The quantitative estimate of drug-likeness (QED) is 0.561. The molecule has 0 fully saturated rings. The summed E-state index contributed by atoms with van der Waals surface area (Å²) >= 11 is 0. The van der Waals surface area contributed by atoms with Gasteiger partial charge in [-0.05, 0) is 24.3 Å². The second kappa shape index (κ2) is 8.47. The fraction of sp³-hybridized carbons (Fsp3) is 0.190. The van der Waals surface area contributed by atoms with Crippen LogP contribution in [0.3, 0.4) is 0 Å². The number of aromatic amines is 1. The summed E-state index contributed by atoms with van der Waals surface area (Å²) in [6, 6.07) is 12.0. The number of rotatable bonds is 4. The Kier molecular flexibility index (Phi) is 5.84. The van der Waals surface area contributed by atoms with Gasteiger partial charge in [-0.2, -0.15) is 5.10 Å². The summed E-state index contributed by atoms with van der Waals surface area (Å²) in [7, 11) is 1.78. The van der Waals surface area contributed by atoms with Crippen LogP contribution in [0.4, 0.5) is 4.39 Å². The number of H-pyrrole nitrogens is 1. The largest absolute Gasteiger partial charge is 0.347 e. The first-order valence-corrected chi connectivity index (χ1v) is 9.11. The molecule has 0 saturated heterocycles. The Labute approximate surface area is 162 Å². The van der Waals surface area contributed by atoms with Crippen molar-refractivity contribution in [2.75, 3.05) is 0 Å². The van der Waals surface area contributed by atoms with Gasteiger partial charge in [0.15, 0.2) is 0 Å². The molecule has 0 aliphatic heterocycles. The second-order valence-corrected chi connectivity index (χ2v) is 5.96. The number of fused-ring (bicyclic) bond motifs is 1. The van der Waals surface area contributed by atoms with Gasteiger partial charge in [0.1, 0.15) is 17.2 Å². The molecule has 6 nitrogen and oxygen atoms in total. The molecule has 28 heavy (non-hydrogen) atoms. The van der Waals surface area contributed by atoms with Crippen LogP contribution in [0.1, 0.15) is 29.9 Å². The van der Waals surface area contributed by atoms with E-state index in [4.69, 9.17) is 0 Å². The predicted molar refractivity (Wildman–Crippen MR) is 107 cm³/mol. The lowest BCUT2D eigenvalue weighted by Crippen LogP contribution is -2.25. The minimum Gasteiger partial charge on any atom is -0.347 e. The molecule has 0 aliphatic rings. The molecule has 1 aromatic carbocycles. The van der Waals surface area contributed by atoms with Gasteiger partial charge in [0, 0.05) is 36.3 Å². The predicted octanol–water partition coefficient (Wildman–Crippen LogP) is 4.06. The highest BCUT2D eigenvalue weighted by Gasteiger charge is 2.15. The molecule has 0 bridgehead atoms. The molecule has 0 aliphatic carbocycles. The van der Waals surface area contributed by atoms with E-state index in [-0.39, 0.29) is 18.3 Å². The van der Waals surface area contributed by atoms with Crippen LogP contribution in [0, 0.1) is 5.82 Å². The van der Waals surface area contributed by atoms with Crippen molar-refractivity contribution in [2.24, 2.45) is 7.05 Å². The molecule has 7 heteroatoms. The lowest BCUT2D eigenvalue weighted by molar-refractivity contribution is 0.0943. The third-order valence-corrected chi connectivity index (χ3v) is 4.30. The van der Waals surface area contributed by atoms with Crippen molar-refractivity contribution in [1.29, 1.82) is 0 Å². The number of nitrogens with one attached hydrogen (secondary N) is 2. The molecule has 4 aromatic rings. The van der Waals surface area contributed by atoms with Gasteiger partial charge in [0.25, 0.3) is 5.91 Å². The Bertz CT molecular complexity index is 1090. The van der Waals surface area contributed by atoms with Crippen molar-refractivity contribution >= 4 is 16.9 Å². The van der Waals surface area contributed by atoms with E-state index in [1.807, 2.05) is 26.0 Å². The SMILES string of the molecule is CC.Cn1c(C(=O)NCc2ccccc2F)cc2ccc(-c3cn[nH]c3)nc21. The summed E-state index contributed by atoms with van der Waals surface area (Å²) in [6.07, 6.45) is 3.46. The Hall–Kier alpha value is -3.48. The van der Waals surface area contributed by atoms with Gasteiger partial charge in [-0.25, -0.2) is 9.37 Å². The average Bonchev–Trinajstić information content (AvgIpc) is 3.37. The van der Waals surface area contributed by atoms with Gasteiger partial charge >= 0.3 is 0 Å². The van der Waals surface area contributed by atoms with Crippen molar-refractivity contribution in [3.8, 4) is 11.3 Å². The Morgan fingerprint density at radius 3 is 2.71 bits per heavy atom. The first-order valence-electron chi connectivity index (χ1n) is 9.11. The minimum atomic E-state index is -0.337. The number of pyridine rings is 1. The van der Waals surface area contributed by atoms with Gasteiger partial charge in [0.05, 0.1) is 11.9 Å². The lowest BCUT2D eigenvalue weighted by atomic mass is 10.2. The summed E-state index contributed by atoms with van der Waals surface area (Å²) in [5, 5.41) is 10.3. The third-order valence-electron chi connectivity index (χ3n) is 4.30. The first-order chi connectivity index (χ1) is 13.6. The molecule has 0 unspecified atom stereocenters. The highest BCUT2D eigenvalue weighted by atomic mass is 19.1. The number of nitrogens with zero attached hydrogens (tertiary/aromatic N) is 3. The molecule has 0 radical (unpaired) electrons. The molecule has 4 rings (SSSR count). The fourth-order valence-corrected chi connectivity index (χ4v) is 2.88. The second-order valence-electron chi connectivity index (χ2n) is 5.96. The van der Waals surface area contributed by atoms with Gasteiger partial charge in [-0.1, -0.05) is 32.0 Å². The smallest absolute Gasteiger partial charge is 0.268 e. The third kappa shape index (κ3) is 3.78. The maximum absolute atomic E-state index is 13.7. The number of hydrogen-bond acceptors (Lipinski definition) is 3. The monoisotopic (exact) mass is 379 g/mol. The zero-order valence-electron chi connectivity index (χ0n) is 16.0. The standard InChI is InChI=1S/C19H16FN5O.C2H6/c1-25-17(19(26)21-9-13-4-2-3-5-15(13)20)8-12-6-7-16(24-18(12)25)14-10-22-23-11-14;1-2/h2-8,10-11H,9H2,1H3,(H,21,26)(H,22,23);1-2H3. The number of benzene rings is 1. The number of halogens is 1. The zero-order valence-corrected chi connectivity index (χ0v) is 16.0. The molecule has 144 valence electrons. The molecule has 2 N–H and O–H groups in total. The molecule has 0 atom stereocenters. The van der Waals surface area contributed by atoms with Crippen LogP contribution in [0.2, 0.25) is 0 Å². The van der Waals surface area contributed by atoms with Gasteiger partial charge in [-0.3, -0.25) is 9.89 Å². The number of carbonyl (C=O) groups excluding carboxylic acids is 1. The van der Waals surface area contributed by atoms with E-state index >= 15 is 0 Å². The Balaban J connectivity index is 0.00000109. The Morgan fingerprint density at radius 2 is 2.00 bits per heavy atom. The number of aryl methyl sites for hydroxylation is 1. The summed E-state index contributed by atoms with van der Waals surface area (Å²) in [5.41, 5.74) is 3.25.